The molecule has 0 unspecified atom stereocenters. The first-order valence-corrected chi connectivity index (χ1v) is 7.09. The van der Waals surface area contributed by atoms with Crippen LogP contribution in [0.25, 0.3) is 0 Å². The van der Waals surface area contributed by atoms with Crippen molar-refractivity contribution < 1.29 is 0 Å². The second-order valence-electron chi connectivity index (χ2n) is 4.27. The molecule has 0 aromatic heterocycles. The number of nitrogens with zero attached hydrogens (tertiary/aromatic N) is 1. The molecular formula is C13H21Cl2IN2. The van der Waals surface area contributed by atoms with Gasteiger partial charge in [0.05, 0.1) is 0 Å². The summed E-state index contributed by atoms with van der Waals surface area (Å²) < 4.78 is 1.34. The van der Waals surface area contributed by atoms with Gasteiger partial charge in [0.2, 0.25) is 0 Å². The first-order valence-electron chi connectivity index (χ1n) is 6.01. The summed E-state index contributed by atoms with van der Waals surface area (Å²) in [5.41, 5.74) is 1.47. The van der Waals surface area contributed by atoms with E-state index in [4.69, 9.17) is 0 Å². The molecule has 5 heteroatoms. The Bertz CT molecular complexity index is 344. The van der Waals surface area contributed by atoms with Crippen molar-refractivity contribution in [1.82, 2.24) is 10.2 Å². The van der Waals surface area contributed by atoms with Crippen LogP contribution < -0.4 is 5.32 Å². The number of benzene rings is 1. The topological polar surface area (TPSA) is 15.3 Å². The highest BCUT2D eigenvalue weighted by Crippen LogP contribution is 2.25. The molecule has 1 saturated heterocycles. The molecule has 104 valence electrons. The van der Waals surface area contributed by atoms with Crippen molar-refractivity contribution >= 4 is 47.4 Å². The van der Waals surface area contributed by atoms with Crippen molar-refractivity contribution in [2.75, 3.05) is 26.2 Å². The van der Waals surface area contributed by atoms with Crippen LogP contribution in [-0.2, 0) is 0 Å². The quantitative estimate of drug-likeness (QED) is 0.778. The van der Waals surface area contributed by atoms with Crippen LogP contribution in [0, 0.1) is 3.57 Å². The van der Waals surface area contributed by atoms with E-state index in [0.717, 1.165) is 13.1 Å². The second-order valence-corrected chi connectivity index (χ2v) is 5.51. The molecule has 1 N–H and O–H groups in total. The van der Waals surface area contributed by atoms with Gasteiger partial charge in [-0.3, -0.25) is 4.90 Å². The zero-order valence-electron chi connectivity index (χ0n) is 10.6. The largest absolute Gasteiger partial charge is 0.314 e. The van der Waals surface area contributed by atoms with Gasteiger partial charge in [-0.1, -0.05) is 19.1 Å². The summed E-state index contributed by atoms with van der Waals surface area (Å²) in [7, 11) is 0. The summed E-state index contributed by atoms with van der Waals surface area (Å²) in [5.74, 6) is 0. The van der Waals surface area contributed by atoms with Crippen molar-refractivity contribution in [2.45, 2.75) is 19.4 Å². The normalized spacial score (nSPS) is 17.4. The average molecular weight is 403 g/mol. The number of halogens is 3. The maximum Gasteiger partial charge on any atom is 0.0346 e. The van der Waals surface area contributed by atoms with E-state index in [1.807, 2.05) is 0 Å². The number of hydrogen-bond donors (Lipinski definition) is 1. The molecular weight excluding hydrogens is 382 g/mol. The molecule has 0 bridgehead atoms. The predicted molar refractivity (Wildman–Crippen MR) is 91.1 cm³/mol. The highest BCUT2D eigenvalue weighted by Gasteiger charge is 2.20. The third-order valence-electron chi connectivity index (χ3n) is 3.21. The fraction of sp³-hybridized carbons (Fsp3) is 0.538. The minimum Gasteiger partial charge on any atom is -0.314 e. The smallest absolute Gasteiger partial charge is 0.0346 e. The van der Waals surface area contributed by atoms with E-state index < -0.39 is 0 Å². The highest BCUT2D eigenvalue weighted by atomic mass is 127. The maximum atomic E-state index is 3.41. The summed E-state index contributed by atoms with van der Waals surface area (Å²) in [6, 6.07) is 9.50. The number of rotatable bonds is 3. The minimum atomic E-state index is 0. The fourth-order valence-electron chi connectivity index (χ4n) is 2.41. The Hall–Kier alpha value is 0.450. The zero-order valence-corrected chi connectivity index (χ0v) is 14.4. The van der Waals surface area contributed by atoms with Crippen molar-refractivity contribution in [3.8, 4) is 0 Å². The van der Waals surface area contributed by atoms with Crippen molar-refractivity contribution in [3.05, 3.63) is 33.4 Å². The van der Waals surface area contributed by atoms with Crippen LogP contribution in [0.1, 0.15) is 24.9 Å². The molecule has 2 rings (SSSR count). The second kappa shape index (κ2) is 9.37. The van der Waals surface area contributed by atoms with Gasteiger partial charge in [0, 0.05) is 35.8 Å². The zero-order chi connectivity index (χ0) is 11.4. The van der Waals surface area contributed by atoms with Crippen LogP contribution in [0.4, 0.5) is 0 Å². The Morgan fingerprint density at radius 1 is 1.28 bits per heavy atom. The Kier molecular flexibility index (Phi) is 9.60. The van der Waals surface area contributed by atoms with Crippen molar-refractivity contribution in [3.63, 3.8) is 0 Å². The summed E-state index contributed by atoms with van der Waals surface area (Å²) in [5, 5.41) is 3.41. The lowest BCUT2D eigenvalue weighted by Gasteiger charge is -2.34. The van der Waals surface area contributed by atoms with Gasteiger partial charge in [0.15, 0.2) is 0 Å². The van der Waals surface area contributed by atoms with Gasteiger partial charge >= 0.3 is 0 Å². The van der Waals surface area contributed by atoms with Gasteiger partial charge in [-0.2, -0.15) is 0 Å². The van der Waals surface area contributed by atoms with Crippen LogP contribution in [-0.4, -0.2) is 31.1 Å². The van der Waals surface area contributed by atoms with Crippen LogP contribution in [0.15, 0.2) is 24.3 Å². The molecule has 0 saturated carbocycles. The summed E-state index contributed by atoms with van der Waals surface area (Å²) in [6.07, 6.45) is 1.19. The molecule has 18 heavy (non-hydrogen) atoms. The maximum absolute atomic E-state index is 3.41. The van der Waals surface area contributed by atoms with Gasteiger partial charge in [-0.05, 0) is 46.7 Å². The minimum absolute atomic E-state index is 0. The van der Waals surface area contributed by atoms with Gasteiger partial charge in [0.1, 0.15) is 0 Å². The Labute approximate surface area is 136 Å². The summed E-state index contributed by atoms with van der Waals surface area (Å²) >= 11 is 2.40. The van der Waals surface area contributed by atoms with E-state index in [0.29, 0.717) is 6.04 Å². The van der Waals surface area contributed by atoms with E-state index in [1.165, 1.54) is 28.6 Å². The first kappa shape index (κ1) is 18.4. The van der Waals surface area contributed by atoms with E-state index in [1.54, 1.807) is 0 Å². The molecule has 1 atom stereocenters. The molecule has 1 aromatic carbocycles. The summed E-state index contributed by atoms with van der Waals surface area (Å²) in [4.78, 5) is 2.60. The molecule has 1 aliphatic heterocycles. The molecule has 2 nitrogen and oxygen atoms in total. The highest BCUT2D eigenvalue weighted by molar-refractivity contribution is 14.1. The first-order chi connectivity index (χ1) is 7.81. The molecule has 0 aliphatic carbocycles. The van der Waals surface area contributed by atoms with E-state index >= 15 is 0 Å². The lowest BCUT2D eigenvalue weighted by Crippen LogP contribution is -2.45. The molecule has 0 radical (unpaired) electrons. The number of piperazine rings is 1. The third kappa shape index (κ3) is 4.85. The Morgan fingerprint density at radius 2 is 1.94 bits per heavy atom. The monoisotopic (exact) mass is 402 g/mol. The van der Waals surface area contributed by atoms with Crippen molar-refractivity contribution in [1.29, 1.82) is 0 Å². The van der Waals surface area contributed by atoms with Gasteiger partial charge in [0.25, 0.3) is 0 Å². The molecule has 1 aliphatic rings. The van der Waals surface area contributed by atoms with E-state index in [2.05, 4.69) is 64.0 Å². The molecule has 0 amide bonds. The van der Waals surface area contributed by atoms with Gasteiger partial charge in [-0.15, -0.1) is 24.8 Å². The van der Waals surface area contributed by atoms with E-state index in [9.17, 15) is 0 Å². The number of nitrogens with one attached hydrogen (secondary N) is 1. The van der Waals surface area contributed by atoms with Crippen molar-refractivity contribution in [2.24, 2.45) is 0 Å². The molecule has 1 aromatic rings. The van der Waals surface area contributed by atoms with E-state index in [-0.39, 0.29) is 24.8 Å². The van der Waals surface area contributed by atoms with Crippen LogP contribution in [0.3, 0.4) is 0 Å². The SMILES string of the molecule is CC[C@H](c1cccc(I)c1)N1CCNCC1.Cl.Cl. The van der Waals surface area contributed by atoms with Crippen LogP contribution in [0.2, 0.25) is 0 Å². The van der Waals surface area contributed by atoms with Gasteiger partial charge in [-0.25, -0.2) is 0 Å². The average Bonchev–Trinajstić information content (AvgIpc) is 2.31. The number of hydrogen-bond acceptors (Lipinski definition) is 2. The van der Waals surface area contributed by atoms with Crippen LogP contribution >= 0.6 is 47.4 Å². The lowest BCUT2D eigenvalue weighted by molar-refractivity contribution is 0.169. The molecule has 1 fully saturated rings. The van der Waals surface area contributed by atoms with Gasteiger partial charge < -0.3 is 5.32 Å². The molecule has 0 spiro atoms. The lowest BCUT2D eigenvalue weighted by atomic mass is 10.0. The fourth-order valence-corrected chi connectivity index (χ4v) is 2.98. The standard InChI is InChI=1S/C13H19IN2.2ClH/c1-2-13(16-8-6-15-7-9-16)11-4-3-5-12(14)10-11;;/h3-5,10,13,15H,2,6-9H2,1H3;2*1H/t13-;;/m1../s1. The Balaban J connectivity index is 0.00000144. The third-order valence-corrected chi connectivity index (χ3v) is 3.88. The molecule has 1 heterocycles. The van der Waals surface area contributed by atoms with Crippen LogP contribution in [0.5, 0.6) is 0 Å². The summed E-state index contributed by atoms with van der Waals surface area (Å²) in [6.45, 7) is 6.88. The Morgan fingerprint density at radius 3 is 2.50 bits per heavy atom. The predicted octanol–water partition coefficient (Wildman–Crippen LogP) is 3.49.